The SMILES string of the molecule is Cc1ccc(C(C)(C)C)cc1C.Cc1ccc(C(C)(C)C)cc1C. The predicted molar refractivity (Wildman–Crippen MR) is 109 cm³/mol. The van der Waals surface area contributed by atoms with Gasteiger partial charge in [-0.2, -0.15) is 0 Å². The van der Waals surface area contributed by atoms with Crippen LogP contribution in [-0.4, -0.2) is 0 Å². The number of rotatable bonds is 0. The van der Waals surface area contributed by atoms with Crippen molar-refractivity contribution in [3.8, 4) is 0 Å². The summed E-state index contributed by atoms with van der Waals surface area (Å²) < 4.78 is 0. The quantitative estimate of drug-likeness (QED) is 0.480. The van der Waals surface area contributed by atoms with Crippen LogP contribution < -0.4 is 0 Å². The molecule has 0 heteroatoms. The highest BCUT2D eigenvalue weighted by Crippen LogP contribution is 2.24. The van der Waals surface area contributed by atoms with Crippen molar-refractivity contribution in [2.45, 2.75) is 80.1 Å². The summed E-state index contributed by atoms with van der Waals surface area (Å²) in [5, 5.41) is 0. The van der Waals surface area contributed by atoms with Gasteiger partial charge in [-0.05, 0) is 71.9 Å². The van der Waals surface area contributed by atoms with Crippen LogP contribution in [0.4, 0.5) is 0 Å². The molecular formula is C24H36. The second-order valence-electron chi connectivity index (χ2n) is 9.10. The molecule has 0 heterocycles. The molecule has 0 saturated carbocycles. The van der Waals surface area contributed by atoms with E-state index in [1.54, 1.807) is 0 Å². The smallest absolute Gasteiger partial charge is 0.0132 e. The fourth-order valence-corrected chi connectivity index (χ4v) is 2.42. The molecule has 0 bridgehead atoms. The van der Waals surface area contributed by atoms with Crippen molar-refractivity contribution < 1.29 is 0 Å². The first-order chi connectivity index (χ1) is 10.8. The fourth-order valence-electron chi connectivity index (χ4n) is 2.42. The summed E-state index contributed by atoms with van der Waals surface area (Å²) in [5.74, 6) is 0. The van der Waals surface area contributed by atoms with Crippen LogP contribution >= 0.6 is 0 Å². The van der Waals surface area contributed by atoms with Gasteiger partial charge in [-0.15, -0.1) is 0 Å². The Morgan fingerprint density at radius 3 is 0.958 bits per heavy atom. The Hall–Kier alpha value is -1.56. The second kappa shape index (κ2) is 7.55. The zero-order valence-corrected chi connectivity index (χ0v) is 17.5. The molecule has 0 saturated heterocycles. The van der Waals surface area contributed by atoms with Gasteiger partial charge in [0.05, 0.1) is 0 Å². The van der Waals surface area contributed by atoms with E-state index in [9.17, 15) is 0 Å². The van der Waals surface area contributed by atoms with E-state index in [0.29, 0.717) is 0 Å². The third-order valence-corrected chi connectivity index (χ3v) is 4.75. The molecule has 0 atom stereocenters. The van der Waals surface area contributed by atoms with Gasteiger partial charge in [0.15, 0.2) is 0 Å². The van der Waals surface area contributed by atoms with Crippen LogP contribution in [0.25, 0.3) is 0 Å². The van der Waals surface area contributed by atoms with E-state index in [1.807, 2.05) is 0 Å². The lowest BCUT2D eigenvalue weighted by molar-refractivity contribution is 0.589. The molecular weight excluding hydrogens is 288 g/mol. The molecule has 2 aromatic carbocycles. The summed E-state index contributed by atoms with van der Waals surface area (Å²) in [4.78, 5) is 0. The topological polar surface area (TPSA) is 0 Å². The molecule has 0 unspecified atom stereocenters. The van der Waals surface area contributed by atoms with E-state index in [2.05, 4.69) is 106 Å². The van der Waals surface area contributed by atoms with E-state index in [4.69, 9.17) is 0 Å². The van der Waals surface area contributed by atoms with Crippen LogP contribution in [0.2, 0.25) is 0 Å². The minimum atomic E-state index is 0.276. The lowest BCUT2D eigenvalue weighted by atomic mass is 9.85. The largest absolute Gasteiger partial charge is 0.0588 e. The van der Waals surface area contributed by atoms with Gasteiger partial charge in [0.2, 0.25) is 0 Å². The monoisotopic (exact) mass is 324 g/mol. The van der Waals surface area contributed by atoms with Crippen LogP contribution in [0.15, 0.2) is 36.4 Å². The number of aryl methyl sites for hydroxylation is 4. The maximum atomic E-state index is 2.29. The Kier molecular flexibility index (Phi) is 6.45. The van der Waals surface area contributed by atoms with E-state index in [0.717, 1.165) is 0 Å². The molecule has 0 aliphatic carbocycles. The molecule has 2 aromatic rings. The molecule has 0 aliphatic heterocycles. The van der Waals surface area contributed by atoms with Gasteiger partial charge < -0.3 is 0 Å². The average Bonchev–Trinajstić information content (AvgIpc) is 2.43. The molecule has 0 fully saturated rings. The number of benzene rings is 2. The van der Waals surface area contributed by atoms with Gasteiger partial charge in [0.1, 0.15) is 0 Å². The predicted octanol–water partition coefficient (Wildman–Crippen LogP) is 7.20. The normalized spacial score (nSPS) is 11.8. The van der Waals surface area contributed by atoms with Crippen molar-refractivity contribution >= 4 is 0 Å². The second-order valence-corrected chi connectivity index (χ2v) is 9.10. The Labute approximate surface area is 150 Å². The van der Waals surface area contributed by atoms with Crippen molar-refractivity contribution in [1.29, 1.82) is 0 Å². The zero-order chi connectivity index (χ0) is 18.7. The summed E-state index contributed by atoms with van der Waals surface area (Å²) in [6.45, 7) is 22.1. The van der Waals surface area contributed by atoms with E-state index in [-0.39, 0.29) is 10.8 Å². The van der Waals surface area contributed by atoms with Crippen molar-refractivity contribution in [3.63, 3.8) is 0 Å². The Bertz CT molecular complexity index is 615. The maximum Gasteiger partial charge on any atom is -0.0132 e. The van der Waals surface area contributed by atoms with Gasteiger partial charge in [-0.25, -0.2) is 0 Å². The molecule has 0 amide bonds. The lowest BCUT2D eigenvalue weighted by Crippen LogP contribution is -2.11. The van der Waals surface area contributed by atoms with Crippen LogP contribution in [0.5, 0.6) is 0 Å². The summed E-state index contributed by atoms with van der Waals surface area (Å²) in [7, 11) is 0. The van der Waals surface area contributed by atoms with Crippen LogP contribution in [0, 0.1) is 27.7 Å². The van der Waals surface area contributed by atoms with Gasteiger partial charge in [0.25, 0.3) is 0 Å². The minimum Gasteiger partial charge on any atom is -0.0588 e. The molecule has 0 nitrogen and oxygen atoms in total. The lowest BCUT2D eigenvalue weighted by Gasteiger charge is -2.19. The summed E-state index contributed by atoms with van der Waals surface area (Å²) >= 11 is 0. The molecule has 0 N–H and O–H groups in total. The molecule has 24 heavy (non-hydrogen) atoms. The maximum absolute atomic E-state index is 2.29. The van der Waals surface area contributed by atoms with Crippen LogP contribution in [0.3, 0.4) is 0 Å². The van der Waals surface area contributed by atoms with Crippen molar-refractivity contribution in [3.05, 3.63) is 69.8 Å². The first-order valence-corrected chi connectivity index (χ1v) is 8.98. The molecule has 132 valence electrons. The third kappa shape index (κ3) is 5.82. The average molecular weight is 325 g/mol. The number of hydrogen-bond donors (Lipinski definition) is 0. The van der Waals surface area contributed by atoms with Gasteiger partial charge in [-0.3, -0.25) is 0 Å². The first kappa shape index (κ1) is 20.5. The van der Waals surface area contributed by atoms with Crippen molar-refractivity contribution in [2.24, 2.45) is 0 Å². The molecule has 0 aromatic heterocycles. The van der Waals surface area contributed by atoms with Crippen molar-refractivity contribution in [1.82, 2.24) is 0 Å². The first-order valence-electron chi connectivity index (χ1n) is 8.98. The van der Waals surface area contributed by atoms with Crippen LogP contribution in [-0.2, 0) is 10.8 Å². The standard InChI is InChI=1S/2C12H18/c2*1-9-6-7-11(8-10(9)2)12(3,4)5/h2*6-8H,1-5H3. The highest BCUT2D eigenvalue weighted by molar-refractivity contribution is 5.34. The van der Waals surface area contributed by atoms with E-state index in [1.165, 1.54) is 33.4 Å². The summed E-state index contributed by atoms with van der Waals surface area (Å²) in [6.07, 6.45) is 0. The fraction of sp³-hybridized carbons (Fsp3) is 0.500. The van der Waals surface area contributed by atoms with Crippen molar-refractivity contribution in [2.75, 3.05) is 0 Å². The van der Waals surface area contributed by atoms with Crippen LogP contribution in [0.1, 0.15) is 74.9 Å². The summed E-state index contributed by atoms with van der Waals surface area (Å²) in [6, 6.07) is 13.4. The minimum absolute atomic E-state index is 0.276. The number of hydrogen-bond acceptors (Lipinski definition) is 0. The third-order valence-electron chi connectivity index (χ3n) is 4.75. The van der Waals surface area contributed by atoms with Gasteiger partial charge >= 0.3 is 0 Å². The highest BCUT2D eigenvalue weighted by atomic mass is 14.2. The Balaban J connectivity index is 0.000000240. The molecule has 0 aliphatic rings. The zero-order valence-electron chi connectivity index (χ0n) is 17.5. The van der Waals surface area contributed by atoms with E-state index >= 15 is 0 Å². The van der Waals surface area contributed by atoms with E-state index < -0.39 is 0 Å². The summed E-state index contributed by atoms with van der Waals surface area (Å²) in [5.41, 5.74) is 8.93. The Morgan fingerprint density at radius 2 is 0.750 bits per heavy atom. The van der Waals surface area contributed by atoms with Gasteiger partial charge in [-0.1, -0.05) is 77.9 Å². The van der Waals surface area contributed by atoms with Gasteiger partial charge in [0, 0.05) is 0 Å². The molecule has 2 rings (SSSR count). The Morgan fingerprint density at radius 1 is 0.458 bits per heavy atom. The molecule has 0 radical (unpaired) electrons. The highest BCUT2D eigenvalue weighted by Gasteiger charge is 2.14. The molecule has 0 spiro atoms.